The van der Waals surface area contributed by atoms with Crippen LogP contribution in [0.4, 0.5) is 11.5 Å². The highest BCUT2D eigenvalue weighted by Crippen LogP contribution is 2.38. The van der Waals surface area contributed by atoms with Gasteiger partial charge in [0, 0.05) is 49.7 Å². The fourth-order valence-electron chi connectivity index (χ4n) is 4.36. The number of anilines is 2. The molecule has 0 bridgehead atoms. The molecule has 1 fully saturated rings. The van der Waals surface area contributed by atoms with E-state index in [9.17, 15) is 4.79 Å². The van der Waals surface area contributed by atoms with Gasteiger partial charge in [-0.2, -0.15) is 0 Å². The van der Waals surface area contributed by atoms with Crippen LogP contribution in [0.25, 0.3) is 10.2 Å². The zero-order valence-electron chi connectivity index (χ0n) is 16.4. The predicted molar refractivity (Wildman–Crippen MR) is 118 cm³/mol. The number of carbonyl (C=O) groups is 1. The molecule has 0 unspecified atom stereocenters. The number of thiophene rings is 1. The van der Waals surface area contributed by atoms with Gasteiger partial charge in [-0.05, 0) is 37.0 Å². The van der Waals surface area contributed by atoms with Gasteiger partial charge in [0.1, 0.15) is 17.0 Å². The Balaban J connectivity index is 1.16. The van der Waals surface area contributed by atoms with Gasteiger partial charge in [-0.25, -0.2) is 9.97 Å². The monoisotopic (exact) mass is 407 g/mol. The summed E-state index contributed by atoms with van der Waals surface area (Å²) in [5, 5.41) is 4.58. The standard InChI is InChI=1S/C22H25N5OS/c28-19(27-13-11-26(12-14-27)16-5-2-1-3-6-16)9-10-23-21-20-17-7-4-8-18(17)29-22(20)25-15-24-21/h1-3,5-6,15H,4,7-14H2,(H,23,24,25). The number of aryl methyl sites for hydroxylation is 2. The lowest BCUT2D eigenvalue weighted by molar-refractivity contribution is -0.131. The lowest BCUT2D eigenvalue weighted by atomic mass is 10.2. The van der Waals surface area contributed by atoms with Gasteiger partial charge in [0.15, 0.2) is 0 Å². The Morgan fingerprint density at radius 2 is 1.90 bits per heavy atom. The Bertz CT molecular complexity index is 1010. The molecule has 1 aliphatic carbocycles. The first-order valence-electron chi connectivity index (χ1n) is 10.4. The molecule has 2 aliphatic rings. The summed E-state index contributed by atoms with van der Waals surface area (Å²) in [6.07, 6.45) is 5.61. The molecule has 1 amide bonds. The number of aromatic nitrogens is 2. The average Bonchev–Trinajstić information content (AvgIpc) is 3.36. The number of fused-ring (bicyclic) bond motifs is 3. The highest BCUT2D eigenvalue weighted by Gasteiger charge is 2.23. The maximum absolute atomic E-state index is 12.7. The van der Waals surface area contributed by atoms with Gasteiger partial charge >= 0.3 is 0 Å². The maximum Gasteiger partial charge on any atom is 0.224 e. The van der Waals surface area contributed by atoms with Gasteiger partial charge in [-0.15, -0.1) is 11.3 Å². The van der Waals surface area contributed by atoms with Crippen LogP contribution in [0.3, 0.4) is 0 Å². The molecule has 0 radical (unpaired) electrons. The summed E-state index contributed by atoms with van der Waals surface area (Å²) in [4.78, 5) is 28.4. The molecule has 7 heteroatoms. The van der Waals surface area contributed by atoms with E-state index in [0.717, 1.165) is 49.7 Å². The van der Waals surface area contributed by atoms with Gasteiger partial charge in [0.05, 0.1) is 5.39 Å². The number of nitrogens with one attached hydrogen (secondary N) is 1. The van der Waals surface area contributed by atoms with E-state index in [2.05, 4.69) is 44.5 Å². The van der Waals surface area contributed by atoms with Crippen molar-refractivity contribution in [1.29, 1.82) is 0 Å². The maximum atomic E-state index is 12.7. The molecule has 1 aliphatic heterocycles. The van der Waals surface area contributed by atoms with E-state index in [1.54, 1.807) is 17.7 Å². The van der Waals surface area contributed by atoms with Crippen molar-refractivity contribution in [1.82, 2.24) is 14.9 Å². The lowest BCUT2D eigenvalue weighted by Crippen LogP contribution is -2.49. The minimum atomic E-state index is 0.214. The Morgan fingerprint density at radius 1 is 1.07 bits per heavy atom. The molecular formula is C22H25N5OS. The van der Waals surface area contributed by atoms with E-state index in [0.29, 0.717) is 13.0 Å². The third-order valence-corrected chi connectivity index (χ3v) is 7.09. The Morgan fingerprint density at radius 3 is 2.72 bits per heavy atom. The molecule has 150 valence electrons. The van der Waals surface area contributed by atoms with Gasteiger partial charge in [-0.1, -0.05) is 18.2 Å². The summed E-state index contributed by atoms with van der Waals surface area (Å²) in [6, 6.07) is 10.4. The van der Waals surface area contributed by atoms with E-state index in [-0.39, 0.29) is 5.91 Å². The molecule has 6 nitrogen and oxygen atoms in total. The second kappa shape index (κ2) is 7.99. The molecule has 1 saturated heterocycles. The number of nitrogens with zero attached hydrogens (tertiary/aromatic N) is 4. The third-order valence-electron chi connectivity index (χ3n) is 5.89. The third kappa shape index (κ3) is 3.67. The zero-order valence-corrected chi connectivity index (χ0v) is 17.2. The van der Waals surface area contributed by atoms with Crippen LogP contribution >= 0.6 is 11.3 Å². The van der Waals surface area contributed by atoms with E-state index in [1.165, 1.54) is 27.9 Å². The fraction of sp³-hybridized carbons (Fsp3) is 0.409. The smallest absolute Gasteiger partial charge is 0.224 e. The van der Waals surface area contributed by atoms with Crippen LogP contribution in [0.5, 0.6) is 0 Å². The second-order valence-corrected chi connectivity index (χ2v) is 8.72. The number of para-hydroxylation sites is 1. The van der Waals surface area contributed by atoms with E-state index in [4.69, 9.17) is 0 Å². The summed E-state index contributed by atoms with van der Waals surface area (Å²) < 4.78 is 0. The van der Waals surface area contributed by atoms with E-state index >= 15 is 0 Å². The number of benzene rings is 1. The fourth-order valence-corrected chi connectivity index (χ4v) is 5.59. The first-order valence-corrected chi connectivity index (χ1v) is 11.2. The van der Waals surface area contributed by atoms with Crippen molar-refractivity contribution in [2.45, 2.75) is 25.7 Å². The van der Waals surface area contributed by atoms with Crippen LogP contribution in [-0.2, 0) is 17.6 Å². The summed E-state index contributed by atoms with van der Waals surface area (Å²) in [6.45, 7) is 3.94. The second-order valence-electron chi connectivity index (χ2n) is 7.64. The SMILES string of the molecule is O=C(CCNc1ncnc2sc3c(c12)CCC3)N1CCN(c2ccccc2)CC1. The van der Waals surface area contributed by atoms with Crippen LogP contribution < -0.4 is 10.2 Å². The minimum absolute atomic E-state index is 0.214. The van der Waals surface area contributed by atoms with Crippen LogP contribution in [0, 0.1) is 0 Å². The van der Waals surface area contributed by atoms with Crippen molar-refractivity contribution in [3.8, 4) is 0 Å². The van der Waals surface area contributed by atoms with Gasteiger partial charge in [-0.3, -0.25) is 4.79 Å². The van der Waals surface area contributed by atoms with E-state index < -0.39 is 0 Å². The predicted octanol–water partition coefficient (Wildman–Crippen LogP) is 3.33. The quantitative estimate of drug-likeness (QED) is 0.703. The summed E-state index contributed by atoms with van der Waals surface area (Å²) >= 11 is 1.79. The summed E-state index contributed by atoms with van der Waals surface area (Å²) in [7, 11) is 0. The minimum Gasteiger partial charge on any atom is -0.369 e. The van der Waals surface area contributed by atoms with Crippen LogP contribution in [0.2, 0.25) is 0 Å². The Hall–Kier alpha value is -2.67. The Kier molecular flexibility index (Phi) is 5.06. The normalized spacial score (nSPS) is 16.3. The van der Waals surface area contributed by atoms with Crippen molar-refractivity contribution in [3.63, 3.8) is 0 Å². The molecule has 5 rings (SSSR count). The van der Waals surface area contributed by atoms with Gasteiger partial charge in [0.25, 0.3) is 0 Å². The van der Waals surface area contributed by atoms with Gasteiger partial charge in [0.2, 0.25) is 5.91 Å². The zero-order chi connectivity index (χ0) is 19.6. The molecule has 3 heterocycles. The largest absolute Gasteiger partial charge is 0.369 e. The first-order chi connectivity index (χ1) is 14.3. The summed E-state index contributed by atoms with van der Waals surface area (Å²) in [5.74, 6) is 1.10. The number of piperazine rings is 1. The molecule has 2 aromatic heterocycles. The highest BCUT2D eigenvalue weighted by molar-refractivity contribution is 7.19. The number of hydrogen-bond donors (Lipinski definition) is 1. The Labute approximate surface area is 174 Å². The van der Waals surface area contributed by atoms with Crippen molar-refractivity contribution in [3.05, 3.63) is 47.1 Å². The lowest BCUT2D eigenvalue weighted by Gasteiger charge is -2.36. The van der Waals surface area contributed by atoms with Crippen molar-refractivity contribution in [2.24, 2.45) is 0 Å². The molecule has 1 N–H and O–H groups in total. The molecule has 3 aromatic rings. The van der Waals surface area contributed by atoms with Crippen molar-refractivity contribution >= 4 is 39.0 Å². The number of carbonyl (C=O) groups excluding carboxylic acids is 1. The number of hydrogen-bond acceptors (Lipinski definition) is 6. The molecular weight excluding hydrogens is 382 g/mol. The molecule has 0 atom stereocenters. The topological polar surface area (TPSA) is 61.4 Å². The highest BCUT2D eigenvalue weighted by atomic mass is 32.1. The first kappa shape index (κ1) is 18.4. The molecule has 0 spiro atoms. The van der Waals surface area contributed by atoms with Gasteiger partial charge < -0.3 is 15.1 Å². The van der Waals surface area contributed by atoms with E-state index in [1.807, 2.05) is 11.0 Å². The number of amides is 1. The molecule has 1 aromatic carbocycles. The molecule has 29 heavy (non-hydrogen) atoms. The summed E-state index contributed by atoms with van der Waals surface area (Å²) in [5.41, 5.74) is 2.65. The van der Waals surface area contributed by atoms with Crippen LogP contribution in [0.15, 0.2) is 36.7 Å². The van der Waals surface area contributed by atoms with Crippen molar-refractivity contribution in [2.75, 3.05) is 42.9 Å². The van der Waals surface area contributed by atoms with Crippen molar-refractivity contribution < 1.29 is 4.79 Å². The molecule has 0 saturated carbocycles. The van der Waals surface area contributed by atoms with Crippen LogP contribution in [-0.4, -0.2) is 53.5 Å². The van der Waals surface area contributed by atoms with Crippen LogP contribution in [0.1, 0.15) is 23.3 Å². The number of rotatable bonds is 5. The average molecular weight is 408 g/mol.